The molecule has 3 aromatic rings. The van der Waals surface area contributed by atoms with Crippen molar-refractivity contribution in [3.63, 3.8) is 0 Å². The number of hydrogen-bond donors (Lipinski definition) is 1. The zero-order chi connectivity index (χ0) is 20.5. The number of benzene rings is 2. The van der Waals surface area contributed by atoms with E-state index in [2.05, 4.69) is 4.98 Å². The van der Waals surface area contributed by atoms with E-state index in [0.717, 1.165) is 35.2 Å². The highest BCUT2D eigenvalue weighted by molar-refractivity contribution is 5.92. The summed E-state index contributed by atoms with van der Waals surface area (Å²) >= 11 is 0. The molecule has 1 fully saturated rings. The van der Waals surface area contributed by atoms with Gasteiger partial charge in [-0.15, -0.1) is 0 Å². The lowest BCUT2D eigenvalue weighted by Gasteiger charge is -2.32. The van der Waals surface area contributed by atoms with Gasteiger partial charge in [-0.2, -0.15) is 0 Å². The number of likely N-dealkylation sites (tertiary alicyclic amines) is 1. The summed E-state index contributed by atoms with van der Waals surface area (Å²) in [4.78, 5) is 29.8. The number of nitrogens with one attached hydrogen (secondary N) is 1. The van der Waals surface area contributed by atoms with Gasteiger partial charge >= 0.3 is 5.69 Å². The van der Waals surface area contributed by atoms with Crippen LogP contribution in [-0.4, -0.2) is 46.7 Å². The van der Waals surface area contributed by atoms with Crippen molar-refractivity contribution < 1.29 is 14.3 Å². The third kappa shape index (κ3) is 3.47. The average molecular weight is 405 g/mol. The maximum absolute atomic E-state index is 12.6. The number of para-hydroxylation sites is 2. The number of H-pyrrole nitrogens is 1. The molecule has 0 unspecified atom stereocenters. The third-order valence-electron chi connectivity index (χ3n) is 5.75. The highest BCUT2D eigenvalue weighted by Gasteiger charge is 2.25. The summed E-state index contributed by atoms with van der Waals surface area (Å²) in [5.41, 5.74) is 2.58. The van der Waals surface area contributed by atoms with Crippen LogP contribution in [-0.2, 0) is 4.79 Å². The van der Waals surface area contributed by atoms with E-state index in [1.165, 1.54) is 0 Å². The molecule has 0 spiro atoms. The molecule has 0 bridgehead atoms. The molecule has 7 nitrogen and oxygen atoms in total. The van der Waals surface area contributed by atoms with E-state index in [1.807, 2.05) is 51.9 Å². The largest absolute Gasteiger partial charge is 0.486 e. The molecule has 1 amide bonds. The SMILES string of the molecule is O=C(C=Cc1ccc2c(c1)OCCO2)N1CCC(n2c(=O)[nH]c3ccccc32)CC1. The molecule has 0 aliphatic carbocycles. The van der Waals surface area contributed by atoms with Gasteiger partial charge in [0.05, 0.1) is 11.0 Å². The first-order valence-corrected chi connectivity index (χ1v) is 10.2. The first-order valence-electron chi connectivity index (χ1n) is 10.2. The minimum Gasteiger partial charge on any atom is -0.486 e. The van der Waals surface area contributed by atoms with Crippen LogP contribution in [0.5, 0.6) is 11.5 Å². The van der Waals surface area contributed by atoms with Crippen molar-refractivity contribution in [1.29, 1.82) is 0 Å². The van der Waals surface area contributed by atoms with Gasteiger partial charge in [-0.25, -0.2) is 4.79 Å². The maximum Gasteiger partial charge on any atom is 0.326 e. The number of ether oxygens (including phenoxy) is 2. The Hall–Kier alpha value is -3.48. The van der Waals surface area contributed by atoms with E-state index in [9.17, 15) is 9.59 Å². The van der Waals surface area contributed by atoms with Gasteiger partial charge < -0.3 is 19.4 Å². The topological polar surface area (TPSA) is 76.6 Å². The molecule has 0 radical (unpaired) electrons. The quantitative estimate of drug-likeness (QED) is 0.680. The molecule has 30 heavy (non-hydrogen) atoms. The molecule has 154 valence electrons. The summed E-state index contributed by atoms with van der Waals surface area (Å²) in [6, 6.07) is 13.5. The van der Waals surface area contributed by atoms with Crippen LogP contribution >= 0.6 is 0 Å². The molecule has 0 atom stereocenters. The summed E-state index contributed by atoms with van der Waals surface area (Å²) in [6.45, 7) is 2.34. The predicted molar refractivity (Wildman–Crippen MR) is 114 cm³/mol. The molecule has 2 aliphatic heterocycles. The monoisotopic (exact) mass is 405 g/mol. The maximum atomic E-state index is 12.6. The Balaban J connectivity index is 1.24. The van der Waals surface area contributed by atoms with E-state index >= 15 is 0 Å². The normalized spacial score (nSPS) is 17.0. The van der Waals surface area contributed by atoms with E-state index < -0.39 is 0 Å². The van der Waals surface area contributed by atoms with Crippen molar-refractivity contribution in [3.05, 3.63) is 64.6 Å². The number of piperidine rings is 1. The average Bonchev–Trinajstić information content (AvgIpc) is 3.13. The Morgan fingerprint density at radius 1 is 1.03 bits per heavy atom. The van der Waals surface area contributed by atoms with E-state index in [1.54, 1.807) is 12.2 Å². The van der Waals surface area contributed by atoms with Gasteiger partial charge in [0.1, 0.15) is 13.2 Å². The second-order valence-electron chi connectivity index (χ2n) is 7.61. The Kier molecular flexibility index (Phi) is 4.78. The number of imidazole rings is 1. The number of fused-ring (bicyclic) bond motifs is 2. The number of hydrogen-bond acceptors (Lipinski definition) is 4. The van der Waals surface area contributed by atoms with Gasteiger partial charge in [0.2, 0.25) is 5.91 Å². The summed E-state index contributed by atoms with van der Waals surface area (Å²) < 4.78 is 12.9. The minimum atomic E-state index is -0.0838. The molecule has 5 rings (SSSR count). The zero-order valence-electron chi connectivity index (χ0n) is 16.5. The van der Waals surface area contributed by atoms with Crippen molar-refractivity contribution in [3.8, 4) is 11.5 Å². The van der Waals surface area contributed by atoms with Crippen LogP contribution in [0, 0.1) is 0 Å². The van der Waals surface area contributed by atoms with Crippen LogP contribution < -0.4 is 15.2 Å². The molecular weight excluding hydrogens is 382 g/mol. The number of rotatable bonds is 3. The van der Waals surface area contributed by atoms with Crippen molar-refractivity contribution >= 4 is 23.0 Å². The first kappa shape index (κ1) is 18.5. The number of aromatic nitrogens is 2. The lowest BCUT2D eigenvalue weighted by molar-refractivity contribution is -0.127. The molecular formula is C23H23N3O4. The van der Waals surface area contributed by atoms with Crippen molar-refractivity contribution in [2.45, 2.75) is 18.9 Å². The fraction of sp³-hybridized carbons (Fsp3) is 0.304. The van der Waals surface area contributed by atoms with E-state index in [0.29, 0.717) is 32.1 Å². The van der Waals surface area contributed by atoms with E-state index in [4.69, 9.17) is 9.47 Å². The molecule has 3 heterocycles. The molecule has 0 saturated carbocycles. The standard InChI is InChI=1S/C23H23N3O4/c27-22(8-6-16-5-7-20-21(15-16)30-14-13-29-20)25-11-9-17(10-12-25)26-19-4-2-1-3-18(19)24-23(26)28/h1-8,15,17H,9-14H2,(H,24,28). The number of carbonyl (C=O) groups excluding carboxylic acids is 1. The van der Waals surface area contributed by atoms with Gasteiger partial charge in [0.15, 0.2) is 11.5 Å². The van der Waals surface area contributed by atoms with Gasteiger partial charge in [0.25, 0.3) is 0 Å². The molecule has 1 aromatic heterocycles. The third-order valence-corrected chi connectivity index (χ3v) is 5.75. The molecule has 2 aromatic carbocycles. The Labute approximate surface area is 173 Å². The van der Waals surface area contributed by atoms with Gasteiger partial charge in [-0.3, -0.25) is 9.36 Å². The van der Waals surface area contributed by atoms with Crippen LogP contribution in [0.1, 0.15) is 24.4 Å². The fourth-order valence-electron chi connectivity index (χ4n) is 4.22. The Morgan fingerprint density at radius 3 is 2.63 bits per heavy atom. The predicted octanol–water partition coefficient (Wildman–Crippen LogP) is 2.98. The van der Waals surface area contributed by atoms with Crippen LogP contribution in [0.15, 0.2) is 53.3 Å². The summed E-state index contributed by atoms with van der Waals surface area (Å²) in [6.07, 6.45) is 4.91. The lowest BCUT2D eigenvalue weighted by atomic mass is 10.0. The van der Waals surface area contributed by atoms with E-state index in [-0.39, 0.29) is 17.6 Å². The first-order chi connectivity index (χ1) is 14.7. The lowest BCUT2D eigenvalue weighted by Crippen LogP contribution is -2.39. The second-order valence-corrected chi connectivity index (χ2v) is 7.61. The molecule has 1 saturated heterocycles. The van der Waals surface area contributed by atoms with Crippen LogP contribution in [0.3, 0.4) is 0 Å². The molecule has 1 N–H and O–H groups in total. The zero-order valence-corrected chi connectivity index (χ0v) is 16.5. The number of carbonyl (C=O) groups is 1. The molecule has 2 aliphatic rings. The highest BCUT2D eigenvalue weighted by atomic mass is 16.6. The highest BCUT2D eigenvalue weighted by Crippen LogP contribution is 2.31. The summed E-state index contributed by atoms with van der Waals surface area (Å²) in [5, 5.41) is 0. The second kappa shape index (κ2) is 7.74. The van der Waals surface area contributed by atoms with Crippen LogP contribution in [0.25, 0.3) is 17.1 Å². The fourth-order valence-corrected chi connectivity index (χ4v) is 4.22. The van der Waals surface area contributed by atoms with Gasteiger partial charge in [0, 0.05) is 25.2 Å². The summed E-state index contributed by atoms with van der Waals surface area (Å²) in [7, 11) is 0. The van der Waals surface area contributed by atoms with Crippen LogP contribution in [0.4, 0.5) is 0 Å². The minimum absolute atomic E-state index is 0.0189. The Bertz CT molecular complexity index is 1170. The van der Waals surface area contributed by atoms with Gasteiger partial charge in [-0.05, 0) is 48.7 Å². The van der Waals surface area contributed by atoms with Gasteiger partial charge in [-0.1, -0.05) is 18.2 Å². The molecule has 7 heteroatoms. The number of amides is 1. The summed E-state index contributed by atoms with van der Waals surface area (Å²) in [5.74, 6) is 1.43. The van der Waals surface area contributed by atoms with Crippen molar-refractivity contribution in [2.75, 3.05) is 26.3 Å². The van der Waals surface area contributed by atoms with Crippen LogP contribution in [0.2, 0.25) is 0 Å². The smallest absolute Gasteiger partial charge is 0.326 e. The van der Waals surface area contributed by atoms with Crippen molar-refractivity contribution in [1.82, 2.24) is 14.5 Å². The number of nitrogens with zero attached hydrogens (tertiary/aromatic N) is 2. The van der Waals surface area contributed by atoms with Crippen molar-refractivity contribution in [2.24, 2.45) is 0 Å². The Morgan fingerprint density at radius 2 is 1.80 bits per heavy atom. The number of aromatic amines is 1.